The Balaban J connectivity index is 1.83. The minimum absolute atomic E-state index is 0.270. The van der Waals surface area contributed by atoms with Gasteiger partial charge in [-0.15, -0.1) is 0 Å². The molecular weight excluding hydrogens is 355 g/mol. The summed E-state index contributed by atoms with van der Waals surface area (Å²) in [6, 6.07) is 23.1. The molecule has 3 aromatic rings. The summed E-state index contributed by atoms with van der Waals surface area (Å²) in [6.45, 7) is 4.31. The second kappa shape index (κ2) is 8.75. The van der Waals surface area contributed by atoms with E-state index >= 15 is 0 Å². The van der Waals surface area contributed by atoms with Crippen molar-refractivity contribution >= 4 is 26.5 Å². The first-order chi connectivity index (χ1) is 12.6. The Labute approximate surface area is 163 Å². The van der Waals surface area contributed by atoms with Gasteiger partial charge in [0.05, 0.1) is 0 Å². The van der Waals surface area contributed by atoms with Crippen LogP contribution in [0.1, 0.15) is 40.4 Å². The molecule has 0 amide bonds. The van der Waals surface area contributed by atoms with Crippen LogP contribution in [0.25, 0.3) is 0 Å². The summed E-state index contributed by atoms with van der Waals surface area (Å²) >= 11 is 4.48. The summed E-state index contributed by atoms with van der Waals surface area (Å²) in [5.41, 5.74) is 6.38. The third-order valence-electron chi connectivity index (χ3n) is 4.61. The smallest absolute Gasteiger partial charge is 0.119 e. The van der Waals surface area contributed by atoms with Crippen LogP contribution >= 0.6 is 21.2 Å². The number of benzene rings is 3. The summed E-state index contributed by atoms with van der Waals surface area (Å²) in [5, 5.41) is 11.7. The highest BCUT2D eigenvalue weighted by Crippen LogP contribution is 2.39. The van der Waals surface area contributed by atoms with E-state index < -0.39 is 0 Å². The molecule has 2 atom stereocenters. The van der Waals surface area contributed by atoms with Gasteiger partial charge in [-0.3, -0.25) is 0 Å². The molecule has 0 radical (unpaired) electrons. The molecule has 0 saturated carbocycles. The van der Waals surface area contributed by atoms with Crippen LogP contribution < -0.4 is 5.30 Å². The number of rotatable bonds is 6. The minimum atomic E-state index is 0.270. The molecule has 0 aliphatic heterocycles. The molecule has 0 aliphatic carbocycles. The summed E-state index contributed by atoms with van der Waals surface area (Å²) in [6.07, 6.45) is 0.885. The van der Waals surface area contributed by atoms with Gasteiger partial charge in [0.25, 0.3) is 0 Å². The van der Waals surface area contributed by atoms with Crippen molar-refractivity contribution in [2.24, 2.45) is 0 Å². The molecule has 3 heteroatoms. The average molecular weight is 380 g/mol. The van der Waals surface area contributed by atoms with E-state index in [1.807, 2.05) is 18.2 Å². The third kappa shape index (κ3) is 4.69. The fourth-order valence-electron chi connectivity index (χ4n) is 3.20. The first-order valence-corrected chi connectivity index (χ1v) is 10.6. The standard InChI is InChI=1S/C23H25OPS/c1-16-8-11-23(20(12-16)15-26)25-17(2)21-14-19(9-10-22(21)24)13-18-6-4-3-5-7-18/h3-12,14,17,24-26H,13,15H2,1-2H3. The predicted octanol–water partition coefficient (Wildman–Crippen LogP) is 5.79. The van der Waals surface area contributed by atoms with E-state index in [1.165, 1.54) is 27.6 Å². The van der Waals surface area contributed by atoms with Gasteiger partial charge >= 0.3 is 0 Å². The number of hydrogen-bond acceptors (Lipinski definition) is 2. The number of phenols is 1. The van der Waals surface area contributed by atoms with Crippen molar-refractivity contribution in [3.05, 3.63) is 94.5 Å². The van der Waals surface area contributed by atoms with Crippen molar-refractivity contribution in [3.63, 3.8) is 0 Å². The van der Waals surface area contributed by atoms with Gasteiger partial charge in [-0.2, -0.15) is 12.6 Å². The monoisotopic (exact) mass is 380 g/mol. The maximum atomic E-state index is 10.4. The Bertz CT molecular complexity index is 877. The van der Waals surface area contributed by atoms with Crippen molar-refractivity contribution in [2.75, 3.05) is 0 Å². The molecular formula is C23H25OPS. The van der Waals surface area contributed by atoms with E-state index in [0.29, 0.717) is 14.3 Å². The van der Waals surface area contributed by atoms with Gasteiger partial charge in [-0.25, -0.2) is 0 Å². The molecule has 0 heterocycles. The van der Waals surface area contributed by atoms with Crippen LogP contribution in [0.4, 0.5) is 0 Å². The molecule has 0 fully saturated rings. The Morgan fingerprint density at radius 1 is 0.962 bits per heavy atom. The zero-order valence-corrected chi connectivity index (χ0v) is 17.1. The van der Waals surface area contributed by atoms with Crippen LogP contribution in [-0.4, -0.2) is 5.11 Å². The lowest BCUT2D eigenvalue weighted by molar-refractivity contribution is 0.468. The quantitative estimate of drug-likeness (QED) is 0.410. The predicted molar refractivity (Wildman–Crippen MR) is 118 cm³/mol. The highest BCUT2D eigenvalue weighted by molar-refractivity contribution is 7.79. The zero-order valence-electron chi connectivity index (χ0n) is 15.2. The van der Waals surface area contributed by atoms with Crippen LogP contribution in [0.5, 0.6) is 5.75 Å². The summed E-state index contributed by atoms with van der Waals surface area (Å²) < 4.78 is 0. The SMILES string of the molecule is Cc1ccc(PC(C)c2cc(Cc3ccccc3)ccc2O)c(CS)c1. The Hall–Kier alpha value is -1.76. The number of aromatic hydroxyl groups is 1. The maximum Gasteiger partial charge on any atom is 0.119 e. The zero-order chi connectivity index (χ0) is 18.5. The number of aryl methyl sites for hydroxylation is 1. The van der Waals surface area contributed by atoms with Gasteiger partial charge in [0.1, 0.15) is 5.75 Å². The molecule has 0 aromatic heterocycles. The lowest BCUT2D eigenvalue weighted by atomic mass is 10.0. The molecule has 0 spiro atoms. The summed E-state index contributed by atoms with van der Waals surface area (Å²) in [4.78, 5) is 0. The van der Waals surface area contributed by atoms with Crippen LogP contribution in [0.3, 0.4) is 0 Å². The van der Waals surface area contributed by atoms with Crippen LogP contribution in [0, 0.1) is 6.92 Å². The molecule has 1 nitrogen and oxygen atoms in total. The number of phenolic OH excluding ortho intramolecular Hbond substituents is 1. The molecule has 134 valence electrons. The van der Waals surface area contributed by atoms with Gasteiger partial charge in [0.2, 0.25) is 0 Å². The molecule has 3 rings (SSSR count). The van der Waals surface area contributed by atoms with E-state index in [2.05, 4.69) is 75.0 Å². The molecule has 26 heavy (non-hydrogen) atoms. The molecule has 2 unspecified atom stereocenters. The molecule has 0 saturated heterocycles. The molecule has 1 N–H and O–H groups in total. The summed E-state index contributed by atoms with van der Waals surface area (Å²) in [5.74, 6) is 1.14. The van der Waals surface area contributed by atoms with Crippen molar-refractivity contribution < 1.29 is 5.11 Å². The fourth-order valence-corrected chi connectivity index (χ4v) is 4.99. The Morgan fingerprint density at radius 2 is 1.73 bits per heavy atom. The van der Waals surface area contributed by atoms with Crippen LogP contribution in [0.2, 0.25) is 0 Å². The Morgan fingerprint density at radius 3 is 2.46 bits per heavy atom. The highest BCUT2D eigenvalue weighted by atomic mass is 32.1. The van der Waals surface area contributed by atoms with E-state index in [4.69, 9.17) is 0 Å². The molecule has 3 aromatic carbocycles. The normalized spacial score (nSPS) is 12.6. The van der Waals surface area contributed by atoms with Crippen LogP contribution in [-0.2, 0) is 12.2 Å². The maximum absolute atomic E-state index is 10.4. The summed E-state index contributed by atoms with van der Waals surface area (Å²) in [7, 11) is 0.609. The van der Waals surface area contributed by atoms with Crippen molar-refractivity contribution in [1.82, 2.24) is 0 Å². The van der Waals surface area contributed by atoms with E-state index in [-0.39, 0.29) is 5.66 Å². The highest BCUT2D eigenvalue weighted by Gasteiger charge is 2.14. The largest absolute Gasteiger partial charge is 0.508 e. The third-order valence-corrected chi connectivity index (χ3v) is 6.50. The van der Waals surface area contributed by atoms with Crippen molar-refractivity contribution in [2.45, 2.75) is 31.7 Å². The van der Waals surface area contributed by atoms with Gasteiger partial charge in [0, 0.05) is 17.0 Å². The topological polar surface area (TPSA) is 20.2 Å². The fraction of sp³-hybridized carbons (Fsp3) is 0.217. The van der Waals surface area contributed by atoms with Gasteiger partial charge < -0.3 is 5.11 Å². The van der Waals surface area contributed by atoms with Crippen molar-refractivity contribution in [3.8, 4) is 5.75 Å². The first kappa shape index (κ1) is 19.0. The van der Waals surface area contributed by atoms with E-state index in [9.17, 15) is 5.11 Å². The minimum Gasteiger partial charge on any atom is -0.508 e. The van der Waals surface area contributed by atoms with E-state index in [0.717, 1.165) is 17.7 Å². The second-order valence-electron chi connectivity index (χ2n) is 6.74. The number of thiol groups is 1. The van der Waals surface area contributed by atoms with Gasteiger partial charge in [0.15, 0.2) is 0 Å². The molecule has 0 bridgehead atoms. The Kier molecular flexibility index (Phi) is 6.40. The lowest BCUT2D eigenvalue weighted by Crippen LogP contribution is -2.05. The number of hydrogen-bond donors (Lipinski definition) is 2. The van der Waals surface area contributed by atoms with E-state index in [1.54, 1.807) is 0 Å². The van der Waals surface area contributed by atoms with Gasteiger partial charge in [-0.1, -0.05) is 81.7 Å². The molecule has 0 aliphatic rings. The first-order valence-electron chi connectivity index (χ1n) is 8.89. The van der Waals surface area contributed by atoms with Crippen molar-refractivity contribution in [1.29, 1.82) is 0 Å². The van der Waals surface area contributed by atoms with Gasteiger partial charge in [-0.05, 0) is 41.4 Å². The second-order valence-corrected chi connectivity index (χ2v) is 8.75. The average Bonchev–Trinajstić information content (AvgIpc) is 2.65. The van der Waals surface area contributed by atoms with Crippen LogP contribution in [0.15, 0.2) is 66.7 Å². The lowest BCUT2D eigenvalue weighted by Gasteiger charge is -2.17.